The minimum atomic E-state index is -3.64. The highest BCUT2D eigenvalue weighted by molar-refractivity contribution is 7.89. The average molecular weight is 370 g/mol. The van der Waals surface area contributed by atoms with E-state index >= 15 is 0 Å². The number of hydrogen-bond donors (Lipinski definition) is 1. The smallest absolute Gasteiger partial charge is 0.264 e. The molecule has 0 aromatic heterocycles. The van der Waals surface area contributed by atoms with E-state index in [0.717, 1.165) is 11.8 Å². The molecule has 1 N–H and O–H groups in total. The zero-order valence-electron chi connectivity index (χ0n) is 13.1. The summed E-state index contributed by atoms with van der Waals surface area (Å²) in [4.78, 5) is 11.9. The maximum absolute atomic E-state index is 11.9. The Labute approximate surface area is 145 Å². The van der Waals surface area contributed by atoms with Crippen LogP contribution in [0.4, 0.5) is 0 Å². The topological polar surface area (TPSA) is 81.7 Å². The second-order valence-electron chi connectivity index (χ2n) is 4.95. The number of sulfonamides is 1. The molecule has 0 aliphatic carbocycles. The lowest BCUT2D eigenvalue weighted by Crippen LogP contribution is -2.29. The van der Waals surface area contributed by atoms with Gasteiger partial charge < -0.3 is 9.47 Å². The van der Waals surface area contributed by atoms with E-state index in [1.54, 1.807) is 6.07 Å². The summed E-state index contributed by atoms with van der Waals surface area (Å²) in [6.07, 6.45) is 0.906. The highest BCUT2D eigenvalue weighted by atomic mass is 35.5. The Kier molecular flexibility index (Phi) is 5.69. The van der Waals surface area contributed by atoms with Crippen LogP contribution in [0.1, 0.15) is 15.9 Å². The Balaban J connectivity index is 2.17. The van der Waals surface area contributed by atoms with E-state index in [0.29, 0.717) is 16.5 Å². The number of nitrogens with one attached hydrogen (secondary N) is 1. The largest absolute Gasteiger partial charge is 0.493 e. The summed E-state index contributed by atoms with van der Waals surface area (Å²) in [5, 5.41) is 0.584. The third-order valence-corrected chi connectivity index (χ3v) is 3.97. The van der Waals surface area contributed by atoms with Gasteiger partial charge in [0.25, 0.3) is 5.91 Å². The molecule has 24 heavy (non-hydrogen) atoms. The molecule has 2 aromatic carbocycles. The van der Waals surface area contributed by atoms with Crippen molar-refractivity contribution in [3.8, 4) is 11.5 Å². The van der Waals surface area contributed by atoms with Crippen molar-refractivity contribution >= 4 is 27.5 Å². The molecule has 0 atom stereocenters. The molecule has 0 bridgehead atoms. The standard InChI is InChI=1S/C16H16ClNO5S/c1-22-15-9-11(16(19)18-24(2,20)21)7-8-14(15)23-10-12-5-3-4-6-13(12)17/h3-9H,10H2,1-2H3,(H,18,19). The molecule has 2 aromatic rings. The molecule has 1 amide bonds. The van der Waals surface area contributed by atoms with Crippen LogP contribution < -0.4 is 14.2 Å². The predicted molar refractivity (Wildman–Crippen MR) is 91.1 cm³/mol. The van der Waals surface area contributed by atoms with Crippen molar-refractivity contribution in [1.29, 1.82) is 0 Å². The van der Waals surface area contributed by atoms with Gasteiger partial charge in [-0.2, -0.15) is 0 Å². The summed E-state index contributed by atoms with van der Waals surface area (Å²) in [7, 11) is -2.21. The molecular weight excluding hydrogens is 354 g/mol. The van der Waals surface area contributed by atoms with E-state index in [-0.39, 0.29) is 12.2 Å². The lowest BCUT2D eigenvalue weighted by molar-refractivity contribution is 0.0981. The lowest BCUT2D eigenvalue weighted by atomic mass is 10.2. The SMILES string of the molecule is COc1cc(C(=O)NS(C)(=O)=O)ccc1OCc1ccccc1Cl. The van der Waals surface area contributed by atoms with Gasteiger partial charge in [-0.1, -0.05) is 29.8 Å². The molecule has 0 saturated heterocycles. The van der Waals surface area contributed by atoms with E-state index in [2.05, 4.69) is 0 Å². The Hall–Kier alpha value is -2.25. The monoisotopic (exact) mass is 369 g/mol. The zero-order valence-corrected chi connectivity index (χ0v) is 14.6. The number of benzene rings is 2. The van der Waals surface area contributed by atoms with Crippen molar-refractivity contribution in [3.63, 3.8) is 0 Å². The first-order chi connectivity index (χ1) is 11.3. The Morgan fingerprint density at radius 2 is 1.88 bits per heavy atom. The second-order valence-corrected chi connectivity index (χ2v) is 7.10. The fraction of sp³-hybridized carbons (Fsp3) is 0.188. The fourth-order valence-corrected chi connectivity index (χ4v) is 2.57. The van der Waals surface area contributed by atoms with E-state index < -0.39 is 15.9 Å². The molecule has 0 unspecified atom stereocenters. The first kappa shape index (κ1) is 18.1. The van der Waals surface area contributed by atoms with Crippen LogP contribution in [0.2, 0.25) is 5.02 Å². The quantitative estimate of drug-likeness (QED) is 0.846. The Morgan fingerprint density at radius 1 is 1.17 bits per heavy atom. The number of carbonyl (C=O) groups excluding carboxylic acids is 1. The summed E-state index contributed by atoms with van der Waals surface area (Å²) < 4.78 is 35.0. The van der Waals surface area contributed by atoms with Crippen LogP contribution in [0, 0.1) is 0 Å². The molecular formula is C16H16ClNO5S. The van der Waals surface area contributed by atoms with Gasteiger partial charge in [0.1, 0.15) is 6.61 Å². The van der Waals surface area contributed by atoms with Crippen LogP contribution in [0.15, 0.2) is 42.5 Å². The fourth-order valence-electron chi connectivity index (χ4n) is 1.93. The third kappa shape index (κ3) is 4.87. The molecule has 0 spiro atoms. The molecule has 0 saturated carbocycles. The normalized spacial score (nSPS) is 11.0. The Bertz CT molecular complexity index is 851. The highest BCUT2D eigenvalue weighted by Crippen LogP contribution is 2.29. The van der Waals surface area contributed by atoms with Crippen molar-refractivity contribution < 1.29 is 22.7 Å². The maximum Gasteiger partial charge on any atom is 0.264 e. The Morgan fingerprint density at radius 3 is 2.50 bits per heavy atom. The summed E-state index contributed by atoms with van der Waals surface area (Å²) in [6.45, 7) is 0.227. The number of methoxy groups -OCH3 is 1. The van der Waals surface area contributed by atoms with Crippen molar-refractivity contribution in [2.75, 3.05) is 13.4 Å². The van der Waals surface area contributed by atoms with Gasteiger partial charge in [-0.3, -0.25) is 4.79 Å². The van der Waals surface area contributed by atoms with E-state index in [9.17, 15) is 13.2 Å². The van der Waals surface area contributed by atoms with Crippen LogP contribution in [-0.2, 0) is 16.6 Å². The zero-order chi connectivity index (χ0) is 17.7. The number of halogens is 1. The van der Waals surface area contributed by atoms with Gasteiger partial charge in [0.2, 0.25) is 10.0 Å². The number of amides is 1. The van der Waals surface area contributed by atoms with Gasteiger partial charge in [-0.05, 0) is 24.3 Å². The number of rotatable bonds is 6. The van der Waals surface area contributed by atoms with E-state index in [1.807, 2.05) is 22.9 Å². The summed E-state index contributed by atoms with van der Waals surface area (Å²) in [5.74, 6) is -0.0232. The highest BCUT2D eigenvalue weighted by Gasteiger charge is 2.14. The van der Waals surface area contributed by atoms with Crippen molar-refractivity contribution in [2.45, 2.75) is 6.61 Å². The van der Waals surface area contributed by atoms with Crippen LogP contribution in [0.5, 0.6) is 11.5 Å². The van der Waals surface area contributed by atoms with Gasteiger partial charge in [-0.25, -0.2) is 13.1 Å². The summed E-state index contributed by atoms with van der Waals surface area (Å²) in [6, 6.07) is 11.7. The third-order valence-electron chi connectivity index (χ3n) is 3.04. The molecule has 2 rings (SSSR count). The molecule has 128 valence electrons. The van der Waals surface area contributed by atoms with Crippen LogP contribution in [0.25, 0.3) is 0 Å². The van der Waals surface area contributed by atoms with Gasteiger partial charge in [0.15, 0.2) is 11.5 Å². The number of hydrogen-bond acceptors (Lipinski definition) is 5. The lowest BCUT2D eigenvalue weighted by Gasteiger charge is -2.12. The van der Waals surface area contributed by atoms with Crippen LogP contribution in [-0.4, -0.2) is 27.7 Å². The minimum absolute atomic E-state index is 0.141. The minimum Gasteiger partial charge on any atom is -0.493 e. The van der Waals surface area contributed by atoms with Crippen molar-refractivity contribution in [3.05, 3.63) is 58.6 Å². The van der Waals surface area contributed by atoms with E-state index in [1.165, 1.54) is 25.3 Å². The van der Waals surface area contributed by atoms with Crippen molar-refractivity contribution in [2.24, 2.45) is 0 Å². The number of carbonyl (C=O) groups is 1. The first-order valence-corrected chi connectivity index (χ1v) is 9.13. The molecule has 0 fully saturated rings. The van der Waals surface area contributed by atoms with Gasteiger partial charge in [0, 0.05) is 16.1 Å². The van der Waals surface area contributed by atoms with Crippen molar-refractivity contribution in [1.82, 2.24) is 4.72 Å². The molecule has 0 radical (unpaired) electrons. The van der Waals surface area contributed by atoms with Gasteiger partial charge >= 0.3 is 0 Å². The summed E-state index contributed by atoms with van der Waals surface area (Å²) >= 11 is 6.07. The molecule has 0 heterocycles. The summed E-state index contributed by atoms with van der Waals surface area (Å²) in [5.41, 5.74) is 0.947. The predicted octanol–water partition coefficient (Wildman–Crippen LogP) is 2.62. The van der Waals surface area contributed by atoms with Gasteiger partial charge in [0.05, 0.1) is 13.4 Å². The first-order valence-electron chi connectivity index (χ1n) is 6.86. The second kappa shape index (κ2) is 7.55. The maximum atomic E-state index is 11.9. The van der Waals surface area contributed by atoms with Gasteiger partial charge in [-0.15, -0.1) is 0 Å². The molecule has 8 heteroatoms. The van der Waals surface area contributed by atoms with Crippen LogP contribution >= 0.6 is 11.6 Å². The molecule has 0 aliphatic rings. The average Bonchev–Trinajstić information content (AvgIpc) is 2.52. The molecule has 6 nitrogen and oxygen atoms in total. The van der Waals surface area contributed by atoms with E-state index in [4.69, 9.17) is 21.1 Å². The molecule has 0 aliphatic heterocycles. The number of ether oxygens (including phenoxy) is 2. The van der Waals surface area contributed by atoms with Crippen LogP contribution in [0.3, 0.4) is 0 Å².